The first-order chi connectivity index (χ1) is 10.6. The number of hydrogen-bond donors (Lipinski definition) is 1. The number of benzene rings is 2. The van der Waals surface area contributed by atoms with E-state index in [9.17, 15) is 19.5 Å². The second-order valence-corrected chi connectivity index (χ2v) is 4.70. The summed E-state index contributed by atoms with van der Waals surface area (Å²) in [6.07, 6.45) is 0. The number of aromatic hydroxyl groups is 1. The van der Waals surface area contributed by atoms with Crippen LogP contribution in [0.25, 0.3) is 0 Å². The second-order valence-electron chi connectivity index (χ2n) is 4.70. The summed E-state index contributed by atoms with van der Waals surface area (Å²) in [5.41, 5.74) is 0.721. The van der Waals surface area contributed by atoms with Gasteiger partial charge in [0.25, 0.3) is 11.8 Å². The lowest BCUT2D eigenvalue weighted by molar-refractivity contribution is 0.0228. The van der Waals surface area contributed by atoms with Crippen molar-refractivity contribution < 1.29 is 24.2 Å². The van der Waals surface area contributed by atoms with Gasteiger partial charge in [0.15, 0.2) is 6.73 Å². The number of amides is 2. The zero-order chi connectivity index (χ0) is 15.7. The second kappa shape index (κ2) is 5.33. The number of fused-ring (bicyclic) bond motifs is 1. The van der Waals surface area contributed by atoms with Gasteiger partial charge in [-0.3, -0.25) is 9.59 Å². The molecular formula is C16H11NO5. The summed E-state index contributed by atoms with van der Waals surface area (Å²) in [5, 5.41) is 9.32. The molecule has 0 aliphatic carbocycles. The van der Waals surface area contributed by atoms with E-state index in [0.717, 1.165) is 4.90 Å². The van der Waals surface area contributed by atoms with Crippen molar-refractivity contribution in [3.05, 3.63) is 65.2 Å². The minimum atomic E-state index is -0.729. The molecule has 22 heavy (non-hydrogen) atoms. The van der Waals surface area contributed by atoms with E-state index in [2.05, 4.69) is 0 Å². The molecule has 0 bridgehead atoms. The average molecular weight is 297 g/mol. The van der Waals surface area contributed by atoms with Crippen LogP contribution in [0.15, 0.2) is 48.5 Å². The number of phenols is 1. The van der Waals surface area contributed by atoms with Gasteiger partial charge in [0, 0.05) is 0 Å². The van der Waals surface area contributed by atoms with Crippen LogP contribution < -0.4 is 0 Å². The summed E-state index contributed by atoms with van der Waals surface area (Å²) in [4.78, 5) is 36.9. The van der Waals surface area contributed by atoms with Crippen LogP contribution in [0.1, 0.15) is 31.1 Å². The molecule has 0 saturated carbocycles. The highest BCUT2D eigenvalue weighted by molar-refractivity contribution is 6.21. The van der Waals surface area contributed by atoms with Crippen LogP contribution in [-0.2, 0) is 4.74 Å². The van der Waals surface area contributed by atoms with Crippen molar-refractivity contribution in [3.63, 3.8) is 0 Å². The van der Waals surface area contributed by atoms with Crippen LogP contribution in [0.4, 0.5) is 0 Å². The first kappa shape index (κ1) is 13.8. The molecule has 0 fully saturated rings. The monoisotopic (exact) mass is 297 g/mol. The largest absolute Gasteiger partial charge is 0.508 e. The van der Waals surface area contributed by atoms with Gasteiger partial charge in [0.05, 0.1) is 16.7 Å². The number of esters is 1. The zero-order valence-electron chi connectivity index (χ0n) is 11.4. The lowest BCUT2D eigenvalue weighted by Crippen LogP contribution is -2.33. The number of hydrogen-bond acceptors (Lipinski definition) is 5. The van der Waals surface area contributed by atoms with Crippen LogP contribution in [0.5, 0.6) is 5.75 Å². The molecule has 1 aliphatic rings. The molecule has 110 valence electrons. The van der Waals surface area contributed by atoms with E-state index in [1.54, 1.807) is 24.3 Å². The summed E-state index contributed by atoms with van der Waals surface area (Å²) in [5.74, 6) is -1.80. The van der Waals surface area contributed by atoms with Crippen LogP contribution in [-0.4, -0.2) is 34.5 Å². The van der Waals surface area contributed by atoms with E-state index in [1.165, 1.54) is 24.3 Å². The van der Waals surface area contributed by atoms with Crippen molar-refractivity contribution >= 4 is 17.8 Å². The maximum absolute atomic E-state index is 12.1. The smallest absolute Gasteiger partial charge is 0.340 e. The highest BCUT2D eigenvalue weighted by atomic mass is 16.5. The third-order valence-corrected chi connectivity index (χ3v) is 3.28. The number of nitrogens with zero attached hydrogens (tertiary/aromatic N) is 1. The number of rotatable bonds is 3. The van der Waals surface area contributed by atoms with Crippen LogP contribution in [0.3, 0.4) is 0 Å². The molecule has 0 radical (unpaired) electrons. The van der Waals surface area contributed by atoms with E-state index in [1.807, 2.05) is 0 Å². The van der Waals surface area contributed by atoms with Crippen molar-refractivity contribution in [3.8, 4) is 5.75 Å². The number of carbonyl (C=O) groups is 3. The zero-order valence-corrected chi connectivity index (χ0v) is 11.4. The fraction of sp³-hybridized carbons (Fsp3) is 0.0625. The fourth-order valence-electron chi connectivity index (χ4n) is 2.20. The number of ether oxygens (including phenoxy) is 1. The van der Waals surface area contributed by atoms with Gasteiger partial charge in [-0.2, -0.15) is 0 Å². The summed E-state index contributed by atoms with van der Waals surface area (Å²) < 4.78 is 4.97. The molecule has 6 heteroatoms. The van der Waals surface area contributed by atoms with Crippen molar-refractivity contribution in [1.82, 2.24) is 4.90 Å². The minimum absolute atomic E-state index is 0.0739. The van der Waals surface area contributed by atoms with Gasteiger partial charge in [0.2, 0.25) is 0 Å². The Morgan fingerprint density at radius 3 is 2.23 bits per heavy atom. The van der Waals surface area contributed by atoms with Gasteiger partial charge >= 0.3 is 5.97 Å². The molecule has 6 nitrogen and oxygen atoms in total. The van der Waals surface area contributed by atoms with E-state index in [4.69, 9.17) is 4.74 Å². The Bertz CT molecular complexity index is 749. The van der Waals surface area contributed by atoms with Crippen LogP contribution in [0.2, 0.25) is 0 Å². The van der Waals surface area contributed by atoms with Crippen molar-refractivity contribution in [2.24, 2.45) is 0 Å². The Morgan fingerprint density at radius 2 is 1.64 bits per heavy atom. The van der Waals surface area contributed by atoms with E-state index < -0.39 is 24.5 Å². The maximum atomic E-state index is 12.1. The molecule has 0 atom stereocenters. The van der Waals surface area contributed by atoms with E-state index in [0.29, 0.717) is 11.1 Å². The third kappa shape index (κ3) is 2.31. The predicted octanol–water partition coefficient (Wildman–Crippen LogP) is 1.80. The molecule has 1 heterocycles. The van der Waals surface area contributed by atoms with Crippen LogP contribution >= 0.6 is 0 Å². The quantitative estimate of drug-likeness (QED) is 0.690. The van der Waals surface area contributed by atoms with Gasteiger partial charge in [-0.15, -0.1) is 0 Å². The van der Waals surface area contributed by atoms with Gasteiger partial charge in [-0.1, -0.05) is 18.2 Å². The van der Waals surface area contributed by atoms with Gasteiger partial charge in [-0.05, 0) is 30.3 Å². The summed E-state index contributed by atoms with van der Waals surface area (Å²) in [6, 6.07) is 12.0. The van der Waals surface area contributed by atoms with Gasteiger partial charge in [-0.25, -0.2) is 9.69 Å². The van der Waals surface area contributed by atoms with E-state index in [-0.39, 0.29) is 11.3 Å². The molecule has 2 aromatic rings. The molecule has 0 spiro atoms. The maximum Gasteiger partial charge on any atom is 0.340 e. The SMILES string of the molecule is O=C(OCN1C(=O)c2ccccc2C1=O)c1cccc(O)c1. The predicted molar refractivity (Wildman–Crippen MR) is 75.3 cm³/mol. The van der Waals surface area contributed by atoms with Crippen molar-refractivity contribution in [1.29, 1.82) is 0 Å². The molecule has 2 aromatic carbocycles. The molecule has 0 aromatic heterocycles. The summed E-state index contributed by atoms with van der Waals surface area (Å²) >= 11 is 0. The fourth-order valence-corrected chi connectivity index (χ4v) is 2.20. The van der Waals surface area contributed by atoms with Crippen molar-refractivity contribution in [2.75, 3.05) is 6.73 Å². The Hall–Kier alpha value is -3.15. The highest BCUT2D eigenvalue weighted by Crippen LogP contribution is 2.22. The highest BCUT2D eigenvalue weighted by Gasteiger charge is 2.35. The standard InChI is InChI=1S/C16H11NO5/c18-11-5-3-4-10(8-11)16(21)22-9-17-14(19)12-6-1-2-7-13(12)15(17)20/h1-8,18H,9H2. The number of carbonyl (C=O) groups excluding carboxylic acids is 3. The van der Waals surface area contributed by atoms with E-state index >= 15 is 0 Å². The van der Waals surface area contributed by atoms with Crippen LogP contribution in [0, 0.1) is 0 Å². The number of phenolic OH excluding ortho intramolecular Hbond substituents is 1. The van der Waals surface area contributed by atoms with Crippen molar-refractivity contribution in [2.45, 2.75) is 0 Å². The molecule has 2 amide bonds. The molecule has 0 unspecified atom stereocenters. The summed E-state index contributed by atoms with van der Waals surface area (Å²) in [7, 11) is 0. The first-order valence-electron chi connectivity index (χ1n) is 6.49. The molecule has 0 saturated heterocycles. The Kier molecular flexibility index (Phi) is 3.34. The van der Waals surface area contributed by atoms with Gasteiger partial charge < -0.3 is 9.84 Å². The normalized spacial score (nSPS) is 13.2. The summed E-state index contributed by atoms with van der Waals surface area (Å²) in [6.45, 7) is -0.471. The lowest BCUT2D eigenvalue weighted by atomic mass is 10.1. The Balaban J connectivity index is 1.72. The number of imide groups is 1. The molecule has 1 N–H and O–H groups in total. The average Bonchev–Trinajstić information content (AvgIpc) is 2.77. The molecular weight excluding hydrogens is 286 g/mol. The lowest BCUT2D eigenvalue weighted by Gasteiger charge is -2.13. The van der Waals surface area contributed by atoms with Gasteiger partial charge in [0.1, 0.15) is 5.75 Å². The first-order valence-corrected chi connectivity index (χ1v) is 6.49. The Labute approximate surface area is 125 Å². The molecule has 3 rings (SSSR count). The topological polar surface area (TPSA) is 83.9 Å². The minimum Gasteiger partial charge on any atom is -0.508 e. The molecule has 1 aliphatic heterocycles. The third-order valence-electron chi connectivity index (χ3n) is 3.28. The Morgan fingerprint density at radius 1 is 1.00 bits per heavy atom.